The van der Waals surface area contributed by atoms with E-state index in [1.165, 1.54) is 12.0 Å². The molecule has 2 rings (SSSR count). The summed E-state index contributed by atoms with van der Waals surface area (Å²) in [5, 5.41) is 0. The van der Waals surface area contributed by atoms with Crippen molar-refractivity contribution in [2.75, 3.05) is 18.5 Å². The summed E-state index contributed by atoms with van der Waals surface area (Å²) in [5.41, 5.74) is 1.27. The summed E-state index contributed by atoms with van der Waals surface area (Å²) < 4.78 is 0. The van der Waals surface area contributed by atoms with Gasteiger partial charge in [0.1, 0.15) is 5.82 Å². The number of nitrogens with zero attached hydrogens (tertiary/aromatic N) is 2. The number of anilines is 1. The Balaban J connectivity index is 2.44. The highest BCUT2D eigenvalue weighted by molar-refractivity contribution is 5.47. The molecule has 2 nitrogen and oxygen atoms in total. The predicted molar refractivity (Wildman–Crippen MR) is 44.7 cm³/mol. The van der Waals surface area contributed by atoms with E-state index in [4.69, 9.17) is 0 Å². The molecule has 0 saturated carbocycles. The molecule has 2 heterocycles. The van der Waals surface area contributed by atoms with Gasteiger partial charge >= 0.3 is 0 Å². The molecule has 0 saturated heterocycles. The Bertz CT molecular complexity index is 257. The van der Waals surface area contributed by atoms with Crippen molar-refractivity contribution in [2.24, 2.45) is 0 Å². The molecule has 2 heteroatoms. The third-order valence-corrected chi connectivity index (χ3v) is 2.08. The van der Waals surface area contributed by atoms with E-state index in [9.17, 15) is 0 Å². The molecule has 1 aromatic rings. The van der Waals surface area contributed by atoms with Gasteiger partial charge in [-0.1, -0.05) is 0 Å². The zero-order valence-corrected chi connectivity index (χ0v) is 6.67. The number of fused-ring (bicyclic) bond motifs is 1. The van der Waals surface area contributed by atoms with E-state index in [-0.39, 0.29) is 0 Å². The van der Waals surface area contributed by atoms with Gasteiger partial charge in [0.25, 0.3) is 0 Å². The van der Waals surface area contributed by atoms with E-state index in [0.29, 0.717) is 0 Å². The first-order chi connectivity index (χ1) is 5.38. The first-order valence-electron chi connectivity index (χ1n) is 3.94. The van der Waals surface area contributed by atoms with Gasteiger partial charge in [0.05, 0.1) is 0 Å². The highest BCUT2D eigenvalue weighted by Crippen LogP contribution is 2.21. The van der Waals surface area contributed by atoms with Crippen molar-refractivity contribution in [2.45, 2.75) is 12.8 Å². The van der Waals surface area contributed by atoms with Crippen molar-refractivity contribution in [1.82, 2.24) is 4.98 Å². The molecular formula is C9H11N2. The Morgan fingerprint density at radius 3 is 3.36 bits per heavy atom. The molecule has 0 fully saturated rings. The van der Waals surface area contributed by atoms with Crippen LogP contribution in [0.2, 0.25) is 0 Å². The monoisotopic (exact) mass is 147 g/mol. The van der Waals surface area contributed by atoms with Gasteiger partial charge in [-0.25, -0.2) is 4.98 Å². The summed E-state index contributed by atoms with van der Waals surface area (Å²) in [5.74, 6) is 1.11. The lowest BCUT2D eigenvalue weighted by Crippen LogP contribution is -2.25. The Morgan fingerprint density at radius 1 is 1.64 bits per heavy atom. The molecule has 0 N–H and O–H groups in total. The average molecular weight is 147 g/mol. The van der Waals surface area contributed by atoms with Crippen LogP contribution in [-0.4, -0.2) is 18.6 Å². The van der Waals surface area contributed by atoms with Crippen LogP contribution in [0.15, 0.2) is 12.3 Å². The lowest BCUT2D eigenvalue weighted by molar-refractivity contribution is 0.729. The van der Waals surface area contributed by atoms with Gasteiger partial charge in [-0.3, -0.25) is 0 Å². The molecule has 1 aromatic heterocycles. The molecule has 0 aliphatic carbocycles. The number of aryl methyl sites for hydroxylation is 1. The van der Waals surface area contributed by atoms with Gasteiger partial charge in [-0.15, -0.1) is 0 Å². The fourth-order valence-corrected chi connectivity index (χ4v) is 1.50. The van der Waals surface area contributed by atoms with Crippen molar-refractivity contribution in [3.63, 3.8) is 0 Å². The zero-order valence-electron chi connectivity index (χ0n) is 6.67. The van der Waals surface area contributed by atoms with Crippen molar-refractivity contribution in [1.29, 1.82) is 0 Å². The molecule has 1 aliphatic heterocycles. The summed E-state index contributed by atoms with van der Waals surface area (Å²) >= 11 is 0. The smallest absolute Gasteiger partial charge is 0.132 e. The lowest BCUT2D eigenvalue weighted by Gasteiger charge is -2.25. The maximum atomic E-state index is 4.29. The van der Waals surface area contributed by atoms with Crippen LogP contribution in [0.4, 0.5) is 5.82 Å². The van der Waals surface area contributed by atoms with Gasteiger partial charge in [-0.2, -0.15) is 0 Å². The van der Waals surface area contributed by atoms with E-state index >= 15 is 0 Å². The number of rotatable bonds is 0. The van der Waals surface area contributed by atoms with E-state index in [1.54, 1.807) is 6.20 Å². The number of pyridine rings is 1. The number of aromatic nitrogens is 1. The van der Waals surface area contributed by atoms with Crippen molar-refractivity contribution in [3.8, 4) is 0 Å². The summed E-state index contributed by atoms with van der Waals surface area (Å²) in [6.45, 7) is 1.12. The predicted octanol–water partition coefficient (Wildman–Crippen LogP) is 1.26. The maximum absolute atomic E-state index is 4.29. The van der Waals surface area contributed by atoms with E-state index in [0.717, 1.165) is 18.8 Å². The minimum atomic E-state index is 1.11. The summed E-state index contributed by atoms with van der Waals surface area (Å²) in [6.07, 6.45) is 4.17. The molecule has 1 radical (unpaired) electrons. The molecule has 57 valence electrons. The fraction of sp³-hybridized carbons (Fsp3) is 0.444. The Kier molecular flexibility index (Phi) is 1.53. The zero-order chi connectivity index (χ0) is 7.68. The van der Waals surface area contributed by atoms with E-state index in [2.05, 4.69) is 23.0 Å². The van der Waals surface area contributed by atoms with Crippen LogP contribution in [0, 0.1) is 6.07 Å². The Labute approximate surface area is 66.9 Å². The van der Waals surface area contributed by atoms with Crippen molar-refractivity contribution < 1.29 is 0 Å². The first-order valence-corrected chi connectivity index (χ1v) is 3.94. The van der Waals surface area contributed by atoms with Crippen LogP contribution in [0.5, 0.6) is 0 Å². The third kappa shape index (κ3) is 1.09. The second kappa shape index (κ2) is 2.53. The summed E-state index contributed by atoms with van der Waals surface area (Å²) in [4.78, 5) is 6.48. The summed E-state index contributed by atoms with van der Waals surface area (Å²) in [6, 6.07) is 5.10. The van der Waals surface area contributed by atoms with E-state index < -0.39 is 0 Å². The van der Waals surface area contributed by atoms with Gasteiger partial charge < -0.3 is 4.90 Å². The minimum Gasteiger partial charge on any atom is -0.359 e. The molecule has 1 aliphatic rings. The normalized spacial score (nSPS) is 16.3. The number of hydrogen-bond acceptors (Lipinski definition) is 2. The molecule has 0 atom stereocenters. The second-order valence-electron chi connectivity index (χ2n) is 2.92. The van der Waals surface area contributed by atoms with Crippen LogP contribution >= 0.6 is 0 Å². The van der Waals surface area contributed by atoms with Gasteiger partial charge in [0, 0.05) is 25.4 Å². The van der Waals surface area contributed by atoms with Crippen LogP contribution in [0.3, 0.4) is 0 Å². The fourth-order valence-electron chi connectivity index (χ4n) is 1.50. The second-order valence-corrected chi connectivity index (χ2v) is 2.92. The molecular weight excluding hydrogens is 136 g/mol. The van der Waals surface area contributed by atoms with Crippen molar-refractivity contribution in [3.05, 3.63) is 23.9 Å². The van der Waals surface area contributed by atoms with Gasteiger partial charge in [0.15, 0.2) is 0 Å². The quantitative estimate of drug-likeness (QED) is 0.549. The highest BCUT2D eigenvalue weighted by Gasteiger charge is 2.13. The third-order valence-electron chi connectivity index (χ3n) is 2.08. The highest BCUT2D eigenvalue weighted by atomic mass is 15.2. The van der Waals surface area contributed by atoms with Crippen LogP contribution < -0.4 is 4.90 Å². The SMILES string of the molecule is CN1CCCc2[c]ccnc21. The molecule has 0 spiro atoms. The lowest BCUT2D eigenvalue weighted by atomic mass is 10.1. The van der Waals surface area contributed by atoms with Crippen LogP contribution in [0.25, 0.3) is 0 Å². The summed E-state index contributed by atoms with van der Waals surface area (Å²) in [7, 11) is 2.08. The van der Waals surface area contributed by atoms with Gasteiger partial charge in [-0.05, 0) is 25.0 Å². The molecule has 11 heavy (non-hydrogen) atoms. The Hall–Kier alpha value is -1.05. The molecule has 0 amide bonds. The Morgan fingerprint density at radius 2 is 2.55 bits per heavy atom. The van der Waals surface area contributed by atoms with E-state index in [1.807, 2.05) is 6.07 Å². The minimum absolute atomic E-state index is 1.11. The first kappa shape index (κ1) is 6.65. The van der Waals surface area contributed by atoms with Crippen molar-refractivity contribution >= 4 is 5.82 Å². The topological polar surface area (TPSA) is 16.1 Å². The molecule has 0 unspecified atom stereocenters. The molecule has 0 bridgehead atoms. The van der Waals surface area contributed by atoms with Crippen LogP contribution in [-0.2, 0) is 6.42 Å². The van der Waals surface area contributed by atoms with Crippen LogP contribution in [0.1, 0.15) is 12.0 Å². The molecule has 0 aromatic carbocycles. The largest absolute Gasteiger partial charge is 0.359 e. The standard InChI is InChI=1S/C9H11N2/c1-11-7-3-5-8-4-2-6-10-9(8)11/h2,6H,3,5,7H2,1H3. The number of hydrogen-bond donors (Lipinski definition) is 0. The van der Waals surface area contributed by atoms with Gasteiger partial charge in [0.2, 0.25) is 0 Å². The average Bonchev–Trinajstić information content (AvgIpc) is 2.06. The maximum Gasteiger partial charge on any atom is 0.132 e.